The van der Waals surface area contributed by atoms with E-state index in [1.165, 1.54) is 22.3 Å². The van der Waals surface area contributed by atoms with Gasteiger partial charge in [-0.1, -0.05) is 39.8 Å². The first-order valence-electron chi connectivity index (χ1n) is 7.11. The minimum absolute atomic E-state index is 0.0139. The molecule has 2 atom stereocenters. The summed E-state index contributed by atoms with van der Waals surface area (Å²) in [5.41, 5.74) is 5.02. The second-order valence-electron chi connectivity index (χ2n) is 7.17. The topological polar surface area (TPSA) is 17.1 Å². The lowest BCUT2D eigenvalue weighted by molar-refractivity contribution is -0.122. The Labute approximate surface area is 117 Å². The van der Waals surface area contributed by atoms with Gasteiger partial charge < -0.3 is 0 Å². The Hall–Kier alpha value is -1.11. The summed E-state index contributed by atoms with van der Waals surface area (Å²) in [6.07, 6.45) is 0. The third-order valence-electron chi connectivity index (χ3n) is 6.65. The molecule has 1 heteroatoms. The van der Waals surface area contributed by atoms with Crippen LogP contribution in [0.25, 0.3) is 0 Å². The van der Waals surface area contributed by atoms with Crippen LogP contribution in [-0.4, -0.2) is 5.78 Å². The third-order valence-corrected chi connectivity index (χ3v) is 6.65. The molecule has 1 aromatic rings. The summed E-state index contributed by atoms with van der Waals surface area (Å²) < 4.78 is 0. The fourth-order valence-corrected chi connectivity index (χ4v) is 4.11. The largest absolute Gasteiger partial charge is 0.299 e. The predicted molar refractivity (Wildman–Crippen MR) is 80.6 cm³/mol. The van der Waals surface area contributed by atoms with Gasteiger partial charge in [0.05, 0.1) is 0 Å². The first-order valence-corrected chi connectivity index (χ1v) is 7.11. The summed E-state index contributed by atoms with van der Waals surface area (Å²) >= 11 is 0. The molecule has 0 N–H and O–H groups in total. The molecule has 104 valence electrons. The summed E-state index contributed by atoms with van der Waals surface area (Å²) in [5.74, 6) is 0.302. The highest BCUT2D eigenvalue weighted by atomic mass is 16.1. The summed E-state index contributed by atoms with van der Waals surface area (Å²) in [6, 6.07) is 4.55. The second-order valence-corrected chi connectivity index (χ2v) is 7.17. The van der Waals surface area contributed by atoms with Crippen molar-refractivity contribution in [3.63, 3.8) is 0 Å². The lowest BCUT2D eigenvalue weighted by atomic mass is 9.84. The van der Waals surface area contributed by atoms with Crippen molar-refractivity contribution in [3.8, 4) is 0 Å². The lowest BCUT2D eigenvalue weighted by Crippen LogP contribution is -2.19. The zero-order valence-electron chi connectivity index (χ0n) is 13.6. The predicted octanol–water partition coefficient (Wildman–Crippen LogP) is 4.50. The zero-order chi connectivity index (χ0) is 14.8. The molecule has 1 aliphatic rings. The van der Waals surface area contributed by atoms with E-state index in [0.717, 1.165) is 0 Å². The van der Waals surface area contributed by atoms with E-state index in [1.807, 2.05) is 0 Å². The van der Waals surface area contributed by atoms with Gasteiger partial charge in [-0.05, 0) is 55.4 Å². The molecule has 0 spiro atoms. The number of Topliss-reactive ketones (excluding diaryl/α,β-unsaturated/α-hetero) is 1. The number of hydrogen-bond donors (Lipinski definition) is 0. The Morgan fingerprint density at radius 1 is 0.947 bits per heavy atom. The normalized spacial score (nSPS) is 32.2. The Morgan fingerprint density at radius 3 is 1.68 bits per heavy atom. The second kappa shape index (κ2) is 3.71. The van der Waals surface area contributed by atoms with Crippen LogP contribution in [-0.2, 0) is 10.2 Å². The first-order chi connectivity index (χ1) is 8.51. The Balaban J connectivity index is 2.64. The molecule has 1 fully saturated rings. The molecular formula is C18H26O. The van der Waals surface area contributed by atoms with Crippen molar-refractivity contribution >= 4 is 5.78 Å². The van der Waals surface area contributed by atoms with Crippen molar-refractivity contribution < 1.29 is 4.79 Å². The molecule has 0 aliphatic heterocycles. The zero-order valence-corrected chi connectivity index (χ0v) is 13.6. The van der Waals surface area contributed by atoms with Crippen molar-refractivity contribution in [2.75, 3.05) is 0 Å². The number of hydrogen-bond acceptors (Lipinski definition) is 1. The van der Waals surface area contributed by atoms with Gasteiger partial charge in [0.15, 0.2) is 0 Å². The fraction of sp³-hybridized carbons (Fsp3) is 0.611. The van der Waals surface area contributed by atoms with Crippen LogP contribution in [0.1, 0.15) is 56.9 Å². The van der Waals surface area contributed by atoms with Gasteiger partial charge in [0, 0.05) is 10.8 Å². The average molecular weight is 258 g/mol. The van der Waals surface area contributed by atoms with Crippen molar-refractivity contribution in [2.45, 2.75) is 60.8 Å². The maximum absolute atomic E-state index is 12.2. The van der Waals surface area contributed by atoms with Crippen LogP contribution in [0, 0.1) is 31.6 Å². The smallest absolute Gasteiger partial charge is 0.137 e. The molecule has 2 rings (SSSR count). The maximum atomic E-state index is 12.2. The number of carbonyl (C=O) groups excluding carboxylic acids is 1. The van der Waals surface area contributed by atoms with E-state index in [0.29, 0.717) is 5.78 Å². The van der Waals surface area contributed by atoms with Gasteiger partial charge in [0.25, 0.3) is 0 Å². The van der Waals surface area contributed by atoms with Crippen LogP contribution >= 0.6 is 0 Å². The number of rotatable bonds is 2. The highest BCUT2D eigenvalue weighted by Gasteiger charge is 2.79. The molecule has 1 aromatic carbocycles. The summed E-state index contributed by atoms with van der Waals surface area (Å²) in [4.78, 5) is 12.2. The van der Waals surface area contributed by atoms with Crippen LogP contribution < -0.4 is 0 Å². The minimum Gasteiger partial charge on any atom is -0.299 e. The minimum atomic E-state index is -0.256. The van der Waals surface area contributed by atoms with Gasteiger partial charge in [-0.3, -0.25) is 4.79 Å². The molecular weight excluding hydrogens is 232 g/mol. The summed E-state index contributed by atoms with van der Waals surface area (Å²) in [5, 5.41) is 0. The van der Waals surface area contributed by atoms with Crippen LogP contribution in [0.15, 0.2) is 12.1 Å². The van der Waals surface area contributed by atoms with Gasteiger partial charge in [-0.25, -0.2) is 0 Å². The van der Waals surface area contributed by atoms with Crippen LogP contribution in [0.5, 0.6) is 0 Å². The van der Waals surface area contributed by atoms with E-state index in [9.17, 15) is 4.79 Å². The van der Waals surface area contributed by atoms with E-state index in [1.54, 1.807) is 6.92 Å². The SMILES string of the molecule is CC(=O)[C@]1(C)C(C)(C)[C@@]1(C)c1cc(C)c(C)c(C)c1. The van der Waals surface area contributed by atoms with Gasteiger partial charge in [0.1, 0.15) is 5.78 Å². The van der Waals surface area contributed by atoms with Gasteiger partial charge >= 0.3 is 0 Å². The van der Waals surface area contributed by atoms with E-state index in [-0.39, 0.29) is 16.2 Å². The van der Waals surface area contributed by atoms with E-state index < -0.39 is 0 Å². The van der Waals surface area contributed by atoms with Gasteiger partial charge in [-0.15, -0.1) is 0 Å². The number of ketones is 1. The average Bonchev–Trinajstić information content (AvgIpc) is 2.67. The highest BCUT2D eigenvalue weighted by Crippen LogP contribution is 2.78. The first kappa shape index (κ1) is 14.3. The molecule has 1 aliphatic carbocycles. The molecule has 0 aromatic heterocycles. The van der Waals surface area contributed by atoms with Crippen LogP contribution in [0.4, 0.5) is 0 Å². The fourth-order valence-electron chi connectivity index (χ4n) is 4.11. The Bertz CT molecular complexity index is 544. The molecule has 0 radical (unpaired) electrons. The summed E-state index contributed by atoms with van der Waals surface area (Å²) in [6.45, 7) is 17.0. The van der Waals surface area contributed by atoms with E-state index >= 15 is 0 Å². The Kier molecular flexibility index (Phi) is 2.80. The van der Waals surface area contributed by atoms with Crippen molar-refractivity contribution in [3.05, 3.63) is 34.4 Å². The van der Waals surface area contributed by atoms with Crippen molar-refractivity contribution in [1.29, 1.82) is 0 Å². The van der Waals surface area contributed by atoms with Gasteiger partial charge in [0.2, 0.25) is 0 Å². The molecule has 19 heavy (non-hydrogen) atoms. The molecule has 1 nitrogen and oxygen atoms in total. The van der Waals surface area contributed by atoms with Crippen LogP contribution in [0.3, 0.4) is 0 Å². The van der Waals surface area contributed by atoms with Crippen molar-refractivity contribution in [2.24, 2.45) is 10.8 Å². The molecule has 1 saturated carbocycles. The number of aryl methyl sites for hydroxylation is 2. The summed E-state index contributed by atoms with van der Waals surface area (Å²) in [7, 11) is 0. The standard InChI is InChI=1S/C18H26O/c1-11-9-15(10-12(2)13(11)3)18(8)16(5,6)17(18,7)14(4)19/h9-10H,1-8H3/t17-,18-/m1/s1. The maximum Gasteiger partial charge on any atom is 0.137 e. The molecule has 0 unspecified atom stereocenters. The highest BCUT2D eigenvalue weighted by molar-refractivity contribution is 5.90. The monoisotopic (exact) mass is 258 g/mol. The van der Waals surface area contributed by atoms with Crippen molar-refractivity contribution in [1.82, 2.24) is 0 Å². The molecule has 0 heterocycles. The number of benzene rings is 1. The van der Waals surface area contributed by atoms with Gasteiger partial charge in [-0.2, -0.15) is 0 Å². The van der Waals surface area contributed by atoms with E-state index in [4.69, 9.17) is 0 Å². The number of carbonyl (C=O) groups is 1. The van der Waals surface area contributed by atoms with E-state index in [2.05, 4.69) is 60.6 Å². The quantitative estimate of drug-likeness (QED) is 0.763. The van der Waals surface area contributed by atoms with Crippen LogP contribution in [0.2, 0.25) is 0 Å². The molecule has 0 amide bonds. The third kappa shape index (κ3) is 1.39. The molecule has 0 saturated heterocycles. The Morgan fingerprint density at radius 2 is 1.37 bits per heavy atom. The molecule has 0 bridgehead atoms. The lowest BCUT2D eigenvalue weighted by Gasteiger charge is -2.20.